The van der Waals surface area contributed by atoms with Gasteiger partial charge in [0.15, 0.2) is 6.61 Å². The lowest BCUT2D eigenvalue weighted by Gasteiger charge is -2.30. The van der Waals surface area contributed by atoms with Crippen LogP contribution in [-0.2, 0) is 19.6 Å². The third-order valence-electron chi connectivity index (χ3n) is 4.96. The Morgan fingerprint density at radius 3 is 2.44 bits per heavy atom. The Morgan fingerprint density at radius 1 is 1.22 bits per heavy atom. The molecule has 1 aromatic rings. The number of rotatable bonds is 7. The molecule has 8 nitrogen and oxygen atoms in total. The van der Waals surface area contributed by atoms with Gasteiger partial charge in [0.05, 0.1) is 4.90 Å². The van der Waals surface area contributed by atoms with E-state index in [-0.39, 0.29) is 35.3 Å². The van der Waals surface area contributed by atoms with Crippen molar-refractivity contribution in [1.82, 2.24) is 9.62 Å². The number of hydrogen-bond donors (Lipinski definition) is 2. The maximum Gasteiger partial charge on any atom is 0.260 e. The highest BCUT2D eigenvalue weighted by atomic mass is 32.2. The monoisotopic (exact) mass is 395 g/mol. The lowest BCUT2D eigenvalue weighted by atomic mass is 9.96. The first-order chi connectivity index (χ1) is 12.8. The summed E-state index contributed by atoms with van der Waals surface area (Å²) in [6, 6.07) is 4.64. The molecule has 1 saturated heterocycles. The van der Waals surface area contributed by atoms with Crippen LogP contribution >= 0.6 is 0 Å². The number of nitrogens with two attached hydrogens (primary N) is 1. The lowest BCUT2D eigenvalue weighted by Crippen LogP contribution is -2.43. The normalized spacial score (nSPS) is 18.3. The molecule has 1 heterocycles. The second kappa shape index (κ2) is 7.85. The van der Waals surface area contributed by atoms with Crippen molar-refractivity contribution >= 4 is 21.8 Å². The highest BCUT2D eigenvalue weighted by Crippen LogP contribution is 2.25. The molecule has 148 valence electrons. The molecule has 0 atom stereocenters. The molecule has 27 heavy (non-hydrogen) atoms. The number of aryl methyl sites for hydroxylation is 1. The van der Waals surface area contributed by atoms with E-state index in [4.69, 9.17) is 10.5 Å². The van der Waals surface area contributed by atoms with Gasteiger partial charge in [-0.15, -0.1) is 0 Å². The number of hydrogen-bond acceptors (Lipinski definition) is 5. The van der Waals surface area contributed by atoms with E-state index in [0.717, 1.165) is 12.8 Å². The summed E-state index contributed by atoms with van der Waals surface area (Å²) in [4.78, 5) is 25.3. The van der Waals surface area contributed by atoms with E-state index in [1.54, 1.807) is 24.0 Å². The van der Waals surface area contributed by atoms with E-state index in [1.165, 1.54) is 6.07 Å². The van der Waals surface area contributed by atoms with E-state index >= 15 is 0 Å². The van der Waals surface area contributed by atoms with E-state index < -0.39 is 10.0 Å². The quantitative estimate of drug-likeness (QED) is 0.698. The van der Waals surface area contributed by atoms with Crippen molar-refractivity contribution in [3.8, 4) is 5.75 Å². The Bertz CT molecular complexity index is 827. The Hall–Kier alpha value is -2.13. The third kappa shape index (κ3) is 4.98. The van der Waals surface area contributed by atoms with Crippen LogP contribution in [0.15, 0.2) is 23.1 Å². The second-order valence-electron chi connectivity index (χ2n) is 7.17. The van der Waals surface area contributed by atoms with Crippen LogP contribution in [0.3, 0.4) is 0 Å². The number of carbonyl (C=O) groups is 2. The SMILES string of the molecule is Cc1cc(S(=O)(=O)NC2CC2)ccc1OCC(=O)N1CCC(C(N)=O)CC1. The largest absolute Gasteiger partial charge is 0.483 e. The van der Waals surface area contributed by atoms with E-state index in [1.807, 2.05) is 0 Å². The van der Waals surface area contributed by atoms with Crippen LogP contribution in [0, 0.1) is 12.8 Å². The van der Waals surface area contributed by atoms with Crippen molar-refractivity contribution in [3.63, 3.8) is 0 Å². The van der Waals surface area contributed by atoms with E-state index in [0.29, 0.717) is 37.2 Å². The molecule has 3 N–H and O–H groups in total. The molecule has 1 aliphatic heterocycles. The van der Waals surface area contributed by atoms with E-state index in [2.05, 4.69) is 4.72 Å². The Labute approximate surface area is 159 Å². The number of primary amides is 1. The zero-order valence-electron chi connectivity index (χ0n) is 15.3. The number of amides is 2. The molecule has 0 radical (unpaired) electrons. The fraction of sp³-hybridized carbons (Fsp3) is 0.556. The van der Waals surface area contributed by atoms with Gasteiger partial charge < -0.3 is 15.4 Å². The van der Waals surface area contributed by atoms with Crippen LogP contribution in [-0.4, -0.2) is 50.9 Å². The van der Waals surface area contributed by atoms with Crippen LogP contribution in [0.4, 0.5) is 0 Å². The summed E-state index contributed by atoms with van der Waals surface area (Å²) in [5.41, 5.74) is 5.95. The van der Waals surface area contributed by atoms with Crippen LogP contribution in [0.5, 0.6) is 5.75 Å². The minimum absolute atomic E-state index is 0.0440. The van der Waals surface area contributed by atoms with Crippen molar-refractivity contribution in [2.45, 2.75) is 43.5 Å². The standard InChI is InChI=1S/C18H25N3O5S/c1-12-10-15(27(24,25)20-14-2-3-14)4-5-16(12)26-11-17(22)21-8-6-13(7-9-21)18(19)23/h4-5,10,13-14,20H,2-3,6-9,11H2,1H3,(H2,19,23). The molecule has 0 aromatic heterocycles. The summed E-state index contributed by atoms with van der Waals surface area (Å²) in [6.07, 6.45) is 2.89. The third-order valence-corrected chi connectivity index (χ3v) is 6.48. The lowest BCUT2D eigenvalue weighted by molar-refractivity contribution is -0.136. The number of likely N-dealkylation sites (tertiary alicyclic amines) is 1. The summed E-state index contributed by atoms with van der Waals surface area (Å²) >= 11 is 0. The first kappa shape index (κ1) is 19.6. The van der Waals surface area contributed by atoms with Gasteiger partial charge >= 0.3 is 0 Å². The molecule has 0 spiro atoms. The highest BCUT2D eigenvalue weighted by molar-refractivity contribution is 7.89. The van der Waals surface area contributed by atoms with Gasteiger partial charge in [0.2, 0.25) is 15.9 Å². The average molecular weight is 395 g/mol. The van der Waals surface area contributed by atoms with Crippen molar-refractivity contribution in [2.75, 3.05) is 19.7 Å². The summed E-state index contributed by atoms with van der Waals surface area (Å²) in [5.74, 6) is -0.179. The average Bonchev–Trinajstić information content (AvgIpc) is 3.43. The van der Waals surface area contributed by atoms with Gasteiger partial charge in [-0.3, -0.25) is 9.59 Å². The summed E-state index contributed by atoms with van der Waals surface area (Å²) in [6.45, 7) is 2.58. The van der Waals surface area contributed by atoms with Gasteiger partial charge in [-0.25, -0.2) is 13.1 Å². The van der Waals surface area contributed by atoms with Crippen LogP contribution in [0.25, 0.3) is 0 Å². The van der Waals surface area contributed by atoms with Gasteiger partial charge in [0.1, 0.15) is 5.75 Å². The van der Waals surface area contributed by atoms with Gasteiger partial charge in [-0.1, -0.05) is 0 Å². The molecular weight excluding hydrogens is 370 g/mol. The molecule has 0 bridgehead atoms. The number of piperidine rings is 1. The van der Waals surface area contributed by atoms with E-state index in [9.17, 15) is 18.0 Å². The molecule has 2 aliphatic rings. The molecule has 9 heteroatoms. The molecule has 1 aliphatic carbocycles. The molecule has 1 saturated carbocycles. The van der Waals surface area contributed by atoms with Gasteiger partial charge in [-0.05, 0) is 56.4 Å². The number of ether oxygens (including phenoxy) is 1. The van der Waals surface area contributed by atoms with Crippen LogP contribution in [0.1, 0.15) is 31.2 Å². The number of carbonyl (C=O) groups excluding carboxylic acids is 2. The zero-order chi connectivity index (χ0) is 19.6. The first-order valence-corrected chi connectivity index (χ1v) is 10.6. The fourth-order valence-electron chi connectivity index (χ4n) is 3.08. The highest BCUT2D eigenvalue weighted by Gasteiger charge is 2.28. The number of benzene rings is 1. The molecule has 2 fully saturated rings. The Morgan fingerprint density at radius 2 is 1.89 bits per heavy atom. The fourth-order valence-corrected chi connectivity index (χ4v) is 4.47. The van der Waals surface area contributed by atoms with Crippen molar-refractivity contribution in [3.05, 3.63) is 23.8 Å². The molecular formula is C18H25N3O5S. The van der Waals surface area contributed by atoms with Gasteiger partial charge in [0.25, 0.3) is 5.91 Å². The van der Waals surface area contributed by atoms with Crippen molar-refractivity contribution < 1.29 is 22.7 Å². The summed E-state index contributed by atoms with van der Waals surface area (Å²) in [5, 5.41) is 0. The topological polar surface area (TPSA) is 119 Å². The van der Waals surface area contributed by atoms with Crippen molar-refractivity contribution in [1.29, 1.82) is 0 Å². The predicted molar refractivity (Wildman–Crippen MR) is 98.5 cm³/mol. The van der Waals surface area contributed by atoms with Crippen LogP contribution < -0.4 is 15.2 Å². The molecule has 2 amide bonds. The molecule has 3 rings (SSSR count). The number of nitrogens with zero attached hydrogens (tertiary/aromatic N) is 1. The smallest absolute Gasteiger partial charge is 0.260 e. The van der Waals surface area contributed by atoms with Crippen molar-refractivity contribution in [2.24, 2.45) is 11.7 Å². The maximum absolute atomic E-state index is 12.3. The summed E-state index contributed by atoms with van der Waals surface area (Å²) < 4.78 is 32.7. The minimum Gasteiger partial charge on any atom is -0.483 e. The number of nitrogens with one attached hydrogen (secondary N) is 1. The first-order valence-electron chi connectivity index (χ1n) is 9.09. The minimum atomic E-state index is -3.52. The Balaban J connectivity index is 1.55. The number of sulfonamides is 1. The maximum atomic E-state index is 12.3. The zero-order valence-corrected chi connectivity index (χ0v) is 16.1. The Kier molecular flexibility index (Phi) is 5.71. The molecule has 0 unspecified atom stereocenters. The predicted octanol–water partition coefficient (Wildman–Crippen LogP) is 0.538. The molecule has 1 aromatic carbocycles. The van der Waals surface area contributed by atoms with Crippen LogP contribution in [0.2, 0.25) is 0 Å². The summed E-state index contributed by atoms with van der Waals surface area (Å²) in [7, 11) is -3.52. The second-order valence-corrected chi connectivity index (χ2v) is 8.88. The van der Waals surface area contributed by atoms with Gasteiger partial charge in [0, 0.05) is 25.0 Å². The van der Waals surface area contributed by atoms with Gasteiger partial charge in [-0.2, -0.15) is 0 Å².